The van der Waals surface area contributed by atoms with Crippen molar-refractivity contribution in [2.45, 2.75) is 45.1 Å². The van der Waals surface area contributed by atoms with Crippen LogP contribution in [0.15, 0.2) is 39.8 Å². The number of nitrogens with one attached hydrogen (secondary N) is 2. The highest BCUT2D eigenvalue weighted by Crippen LogP contribution is 2.25. The maximum Gasteiger partial charge on any atom is 0.240 e. The molecule has 3 rings (SSSR count). The fourth-order valence-electron chi connectivity index (χ4n) is 3.73. The number of hydrogen-bond acceptors (Lipinski definition) is 5. The first-order valence-electron chi connectivity index (χ1n) is 9.88. The van der Waals surface area contributed by atoms with Crippen LogP contribution in [0.1, 0.15) is 36.7 Å². The molecule has 1 aromatic heterocycles. The summed E-state index contributed by atoms with van der Waals surface area (Å²) in [6.07, 6.45) is 3.58. The Morgan fingerprint density at radius 1 is 1.21 bits per heavy atom. The highest BCUT2D eigenvalue weighted by atomic mass is 32.2. The summed E-state index contributed by atoms with van der Waals surface area (Å²) in [5, 5.41) is 2.76. The minimum atomic E-state index is -3.60. The van der Waals surface area contributed by atoms with Crippen LogP contribution in [0.25, 0.3) is 0 Å². The van der Waals surface area contributed by atoms with E-state index in [1.54, 1.807) is 32.2 Å². The average molecular weight is 420 g/mol. The first-order valence-corrected chi connectivity index (χ1v) is 11.4. The third kappa shape index (κ3) is 5.68. The van der Waals surface area contributed by atoms with E-state index < -0.39 is 10.0 Å². The van der Waals surface area contributed by atoms with Gasteiger partial charge in [0.2, 0.25) is 15.9 Å². The lowest BCUT2D eigenvalue weighted by atomic mass is 9.97. The number of aryl methyl sites for hydroxylation is 2. The fraction of sp³-hybridized carbons (Fsp3) is 0.476. The van der Waals surface area contributed by atoms with Crippen LogP contribution in [0, 0.1) is 19.8 Å². The molecule has 0 radical (unpaired) electrons. The van der Waals surface area contributed by atoms with Crippen LogP contribution in [0.2, 0.25) is 0 Å². The monoisotopic (exact) mass is 419 g/mol. The quantitative estimate of drug-likeness (QED) is 0.720. The van der Waals surface area contributed by atoms with Crippen LogP contribution in [-0.2, 0) is 21.4 Å². The number of carbonyl (C=O) groups excluding carboxylic acids is 1. The lowest BCUT2D eigenvalue weighted by molar-refractivity contribution is -0.114. The maximum atomic E-state index is 12.8. The van der Waals surface area contributed by atoms with Gasteiger partial charge in [-0.05, 0) is 81.1 Å². The summed E-state index contributed by atoms with van der Waals surface area (Å²) in [7, 11) is -3.60. The van der Waals surface area contributed by atoms with Gasteiger partial charge in [-0.3, -0.25) is 9.69 Å². The molecule has 29 heavy (non-hydrogen) atoms. The van der Waals surface area contributed by atoms with Crippen molar-refractivity contribution in [1.29, 1.82) is 0 Å². The molecule has 1 aliphatic heterocycles. The van der Waals surface area contributed by atoms with Gasteiger partial charge in [0, 0.05) is 19.2 Å². The first kappa shape index (κ1) is 21.5. The van der Waals surface area contributed by atoms with Crippen LogP contribution in [0.5, 0.6) is 0 Å². The van der Waals surface area contributed by atoms with Crippen LogP contribution in [-0.4, -0.2) is 38.9 Å². The summed E-state index contributed by atoms with van der Waals surface area (Å²) in [6.45, 7) is 8.11. The summed E-state index contributed by atoms with van der Waals surface area (Å²) >= 11 is 0. The van der Waals surface area contributed by atoms with Crippen molar-refractivity contribution in [2.75, 3.05) is 25.0 Å². The fourth-order valence-corrected chi connectivity index (χ4v) is 5.02. The second-order valence-corrected chi connectivity index (χ2v) is 9.53. The number of likely N-dealkylation sites (tertiary alicyclic amines) is 1. The zero-order valence-corrected chi connectivity index (χ0v) is 18.0. The second-order valence-electron chi connectivity index (χ2n) is 7.76. The number of carbonyl (C=O) groups is 1. The lowest BCUT2D eigenvalue weighted by Gasteiger charge is -2.31. The Morgan fingerprint density at radius 2 is 1.86 bits per heavy atom. The van der Waals surface area contributed by atoms with Crippen molar-refractivity contribution in [3.05, 3.63) is 47.4 Å². The van der Waals surface area contributed by atoms with Gasteiger partial charge in [-0.25, -0.2) is 13.1 Å². The topological polar surface area (TPSA) is 91.6 Å². The summed E-state index contributed by atoms with van der Waals surface area (Å²) in [4.78, 5) is 13.9. The number of rotatable bonds is 7. The molecule has 2 aromatic rings. The number of benzene rings is 1. The molecular weight excluding hydrogens is 390 g/mol. The Morgan fingerprint density at radius 3 is 2.41 bits per heavy atom. The van der Waals surface area contributed by atoms with Gasteiger partial charge < -0.3 is 9.73 Å². The molecule has 0 spiro atoms. The van der Waals surface area contributed by atoms with E-state index in [4.69, 9.17) is 4.42 Å². The van der Waals surface area contributed by atoms with E-state index in [1.807, 2.05) is 12.1 Å². The first-order chi connectivity index (χ1) is 13.7. The molecule has 1 fully saturated rings. The van der Waals surface area contributed by atoms with Crippen molar-refractivity contribution in [1.82, 2.24) is 9.62 Å². The summed E-state index contributed by atoms with van der Waals surface area (Å²) < 4.78 is 33.7. The second kappa shape index (κ2) is 9.11. The number of anilines is 1. The summed E-state index contributed by atoms with van der Waals surface area (Å²) in [5.41, 5.74) is 2.12. The van der Waals surface area contributed by atoms with Gasteiger partial charge in [0.25, 0.3) is 0 Å². The molecule has 2 heterocycles. The van der Waals surface area contributed by atoms with Gasteiger partial charge in [-0.1, -0.05) is 0 Å². The number of piperidine rings is 1. The van der Waals surface area contributed by atoms with E-state index in [1.165, 1.54) is 6.92 Å². The van der Waals surface area contributed by atoms with Crippen molar-refractivity contribution in [3.63, 3.8) is 0 Å². The molecule has 0 saturated carbocycles. The van der Waals surface area contributed by atoms with Crippen LogP contribution in [0.4, 0.5) is 5.69 Å². The lowest BCUT2D eigenvalue weighted by Crippen LogP contribution is -2.38. The van der Waals surface area contributed by atoms with Gasteiger partial charge in [0.15, 0.2) is 0 Å². The maximum absolute atomic E-state index is 12.8. The molecule has 0 bridgehead atoms. The van der Waals surface area contributed by atoms with E-state index in [-0.39, 0.29) is 10.8 Å². The predicted octanol–water partition coefficient (Wildman–Crippen LogP) is 3.05. The van der Waals surface area contributed by atoms with E-state index in [0.29, 0.717) is 18.2 Å². The molecular formula is C21H29N3O4S. The van der Waals surface area contributed by atoms with Crippen molar-refractivity contribution >= 4 is 21.6 Å². The minimum Gasteiger partial charge on any atom is -0.468 e. The van der Waals surface area contributed by atoms with E-state index >= 15 is 0 Å². The third-order valence-corrected chi connectivity index (χ3v) is 6.75. The molecule has 1 aromatic carbocycles. The molecule has 2 N–H and O–H groups in total. The number of nitrogens with zero attached hydrogens (tertiary/aromatic N) is 1. The SMILES string of the molecule is CC(=O)Nc1c(C)cc(S(=O)(=O)NCC2CCN(Cc3ccco3)CC2)cc1C. The predicted molar refractivity (Wildman–Crippen MR) is 112 cm³/mol. The molecule has 0 aliphatic carbocycles. The smallest absolute Gasteiger partial charge is 0.240 e. The molecule has 1 saturated heterocycles. The standard InChI is InChI=1S/C21H29N3O4S/c1-15-11-20(12-16(2)21(15)23-17(3)25)29(26,27)22-13-18-6-8-24(9-7-18)14-19-5-4-10-28-19/h4-5,10-12,18,22H,6-9,13-14H2,1-3H3,(H,23,25). The summed E-state index contributed by atoms with van der Waals surface area (Å²) in [6, 6.07) is 7.07. The molecule has 1 aliphatic rings. The molecule has 1 amide bonds. The van der Waals surface area contributed by atoms with Crippen LogP contribution < -0.4 is 10.0 Å². The largest absolute Gasteiger partial charge is 0.468 e. The summed E-state index contributed by atoms with van der Waals surface area (Å²) in [5.74, 6) is 1.10. The van der Waals surface area contributed by atoms with Gasteiger partial charge in [-0.15, -0.1) is 0 Å². The van der Waals surface area contributed by atoms with Crippen LogP contribution in [0.3, 0.4) is 0 Å². The number of hydrogen-bond donors (Lipinski definition) is 2. The highest BCUT2D eigenvalue weighted by molar-refractivity contribution is 7.89. The van der Waals surface area contributed by atoms with E-state index in [2.05, 4.69) is 14.9 Å². The molecule has 7 nitrogen and oxygen atoms in total. The Labute approximate surface area is 172 Å². The van der Waals surface area contributed by atoms with E-state index in [9.17, 15) is 13.2 Å². The Hall–Kier alpha value is -2.16. The number of sulfonamides is 1. The highest BCUT2D eigenvalue weighted by Gasteiger charge is 2.23. The van der Waals surface area contributed by atoms with E-state index in [0.717, 1.165) is 49.4 Å². The van der Waals surface area contributed by atoms with Crippen molar-refractivity contribution in [2.24, 2.45) is 5.92 Å². The Bertz CT molecular complexity index is 923. The van der Waals surface area contributed by atoms with Crippen molar-refractivity contribution in [3.8, 4) is 0 Å². The Kier molecular flexibility index (Phi) is 6.77. The third-order valence-electron chi connectivity index (χ3n) is 5.35. The van der Waals surface area contributed by atoms with Gasteiger partial charge in [0.05, 0.1) is 17.7 Å². The molecule has 0 atom stereocenters. The molecule has 158 valence electrons. The van der Waals surface area contributed by atoms with Crippen molar-refractivity contribution < 1.29 is 17.6 Å². The number of amides is 1. The molecule has 8 heteroatoms. The van der Waals surface area contributed by atoms with Gasteiger partial charge in [-0.2, -0.15) is 0 Å². The molecule has 0 unspecified atom stereocenters. The minimum absolute atomic E-state index is 0.177. The average Bonchev–Trinajstić information content (AvgIpc) is 3.17. The zero-order chi connectivity index (χ0) is 21.0. The van der Waals surface area contributed by atoms with Gasteiger partial charge >= 0.3 is 0 Å². The normalized spacial score (nSPS) is 16.1. The van der Waals surface area contributed by atoms with Crippen LogP contribution >= 0.6 is 0 Å². The Balaban J connectivity index is 1.56. The van der Waals surface area contributed by atoms with Gasteiger partial charge in [0.1, 0.15) is 5.76 Å². The number of furan rings is 1. The zero-order valence-electron chi connectivity index (χ0n) is 17.2.